The lowest BCUT2D eigenvalue weighted by Gasteiger charge is -2.13. The first kappa shape index (κ1) is 24.6. The van der Waals surface area contributed by atoms with Gasteiger partial charge in [-0.15, -0.1) is 0 Å². The summed E-state index contributed by atoms with van der Waals surface area (Å²) in [5, 5.41) is 0. The van der Waals surface area contributed by atoms with Gasteiger partial charge in [0, 0.05) is 6.54 Å². The second kappa shape index (κ2) is 10.2. The van der Waals surface area contributed by atoms with E-state index in [1.54, 1.807) is 30.3 Å². The Balaban J connectivity index is 1.84. The summed E-state index contributed by atoms with van der Waals surface area (Å²) in [5.74, 6) is 1.15. The van der Waals surface area contributed by atoms with Gasteiger partial charge >= 0.3 is 0 Å². The molecule has 0 aliphatic heterocycles. The minimum absolute atomic E-state index is 0.0422. The predicted molar refractivity (Wildman–Crippen MR) is 123 cm³/mol. The molecule has 0 aliphatic rings. The topological polar surface area (TPSA) is 108 Å². The van der Waals surface area contributed by atoms with Crippen molar-refractivity contribution in [2.24, 2.45) is 0 Å². The zero-order valence-electron chi connectivity index (χ0n) is 18.4. The Morgan fingerprint density at radius 2 is 1.33 bits per heavy atom. The second-order valence-corrected chi connectivity index (χ2v) is 10.7. The highest BCUT2D eigenvalue weighted by Gasteiger charge is 2.25. The van der Waals surface area contributed by atoms with E-state index in [-0.39, 0.29) is 27.0 Å². The number of sulfonamides is 1. The van der Waals surface area contributed by atoms with E-state index in [2.05, 4.69) is 4.72 Å². The number of rotatable bonds is 10. The zero-order chi connectivity index (χ0) is 24.1. The van der Waals surface area contributed by atoms with E-state index in [4.69, 9.17) is 14.2 Å². The molecule has 0 bridgehead atoms. The van der Waals surface area contributed by atoms with Crippen molar-refractivity contribution in [3.63, 3.8) is 0 Å². The van der Waals surface area contributed by atoms with Crippen molar-refractivity contribution in [3.8, 4) is 17.2 Å². The van der Waals surface area contributed by atoms with Gasteiger partial charge in [0.25, 0.3) is 0 Å². The Kier molecular flexibility index (Phi) is 7.62. The molecule has 0 amide bonds. The number of sulfone groups is 1. The van der Waals surface area contributed by atoms with Crippen molar-refractivity contribution in [3.05, 3.63) is 72.3 Å². The van der Waals surface area contributed by atoms with Crippen LogP contribution in [0, 0.1) is 0 Å². The zero-order valence-corrected chi connectivity index (χ0v) is 20.1. The van der Waals surface area contributed by atoms with E-state index < -0.39 is 19.9 Å². The molecule has 0 radical (unpaired) electrons. The van der Waals surface area contributed by atoms with Gasteiger partial charge in [-0.1, -0.05) is 24.3 Å². The number of hydrogen-bond donors (Lipinski definition) is 1. The molecule has 3 aromatic rings. The van der Waals surface area contributed by atoms with Gasteiger partial charge in [-0.25, -0.2) is 21.6 Å². The van der Waals surface area contributed by atoms with Crippen LogP contribution in [0.4, 0.5) is 0 Å². The maximum Gasteiger partial charge on any atom is 0.244 e. The predicted octanol–water partition coefficient (Wildman–Crippen LogP) is 3.07. The van der Waals surface area contributed by atoms with Gasteiger partial charge < -0.3 is 14.2 Å². The third-order valence-electron chi connectivity index (χ3n) is 4.94. The molecule has 0 aromatic heterocycles. The van der Waals surface area contributed by atoms with Gasteiger partial charge in [-0.3, -0.25) is 0 Å². The van der Waals surface area contributed by atoms with Crippen LogP contribution < -0.4 is 18.9 Å². The highest BCUT2D eigenvalue weighted by atomic mass is 32.2. The number of methoxy groups -OCH3 is 3. The molecule has 0 atom stereocenters. The van der Waals surface area contributed by atoms with Crippen LogP contribution in [0.5, 0.6) is 17.2 Å². The summed E-state index contributed by atoms with van der Waals surface area (Å²) < 4.78 is 70.1. The number of ether oxygens (including phenoxy) is 3. The lowest BCUT2D eigenvalue weighted by molar-refractivity contribution is 0.354. The molecular formula is C23H25NO7S2. The third-order valence-corrected chi connectivity index (χ3v) is 8.19. The second-order valence-electron chi connectivity index (χ2n) is 6.97. The van der Waals surface area contributed by atoms with Gasteiger partial charge in [0.15, 0.2) is 11.5 Å². The van der Waals surface area contributed by atoms with E-state index in [0.29, 0.717) is 17.9 Å². The van der Waals surface area contributed by atoms with Crippen molar-refractivity contribution in [2.45, 2.75) is 21.1 Å². The molecule has 0 unspecified atom stereocenters. The third kappa shape index (κ3) is 5.47. The molecule has 10 heteroatoms. The summed E-state index contributed by atoms with van der Waals surface area (Å²) >= 11 is 0. The van der Waals surface area contributed by atoms with Crippen LogP contribution in [-0.2, 0) is 26.3 Å². The summed E-state index contributed by atoms with van der Waals surface area (Å²) in [7, 11) is -3.58. The van der Waals surface area contributed by atoms with Crippen LogP contribution >= 0.6 is 0 Å². The fourth-order valence-electron chi connectivity index (χ4n) is 3.21. The smallest absolute Gasteiger partial charge is 0.244 e. The van der Waals surface area contributed by atoms with Gasteiger partial charge in [-0.05, 0) is 54.4 Å². The van der Waals surface area contributed by atoms with Gasteiger partial charge in [0.1, 0.15) is 10.6 Å². The van der Waals surface area contributed by atoms with E-state index in [9.17, 15) is 16.8 Å². The molecule has 8 nitrogen and oxygen atoms in total. The van der Waals surface area contributed by atoms with E-state index >= 15 is 0 Å². The van der Waals surface area contributed by atoms with Gasteiger partial charge in [0.05, 0.1) is 31.1 Å². The van der Waals surface area contributed by atoms with Crippen LogP contribution in [-0.4, -0.2) is 44.7 Å². The van der Waals surface area contributed by atoms with Crippen molar-refractivity contribution in [1.29, 1.82) is 0 Å². The molecule has 0 heterocycles. The monoisotopic (exact) mass is 491 g/mol. The molecule has 0 spiro atoms. The van der Waals surface area contributed by atoms with Crippen molar-refractivity contribution in [1.82, 2.24) is 4.72 Å². The lowest BCUT2D eigenvalue weighted by Crippen LogP contribution is -2.26. The summed E-state index contributed by atoms with van der Waals surface area (Å²) in [5.41, 5.74) is 0.836. The van der Waals surface area contributed by atoms with E-state index in [1.165, 1.54) is 45.6 Å². The average Bonchev–Trinajstić information content (AvgIpc) is 2.83. The summed E-state index contributed by atoms with van der Waals surface area (Å²) in [4.78, 5) is -0.330. The standard InChI is InChI=1S/C23H25NO7S2/c1-29-20-11-9-17(15-22(20)31-3)13-14-24-33(27,28)23-16-19(10-12-21(23)30-2)32(25,26)18-7-5-4-6-8-18/h4-12,15-16,24H,13-14H2,1-3H3. The fraction of sp³-hybridized carbons (Fsp3) is 0.217. The first-order valence-electron chi connectivity index (χ1n) is 9.91. The maximum atomic E-state index is 13.0. The molecular weight excluding hydrogens is 466 g/mol. The maximum absolute atomic E-state index is 13.0. The number of nitrogens with one attached hydrogen (secondary N) is 1. The molecule has 33 heavy (non-hydrogen) atoms. The first-order valence-corrected chi connectivity index (χ1v) is 12.9. The molecule has 0 saturated heterocycles. The Morgan fingerprint density at radius 3 is 1.97 bits per heavy atom. The Bertz CT molecular complexity index is 1320. The van der Waals surface area contributed by atoms with E-state index in [1.807, 2.05) is 6.07 Å². The van der Waals surface area contributed by atoms with Crippen molar-refractivity contribution < 1.29 is 31.0 Å². The van der Waals surface area contributed by atoms with Crippen LogP contribution in [0.1, 0.15) is 5.56 Å². The average molecular weight is 492 g/mol. The van der Waals surface area contributed by atoms with Crippen LogP contribution in [0.2, 0.25) is 0 Å². The normalized spacial score (nSPS) is 11.7. The van der Waals surface area contributed by atoms with Crippen molar-refractivity contribution >= 4 is 19.9 Å². The Morgan fingerprint density at radius 1 is 0.697 bits per heavy atom. The molecule has 0 saturated carbocycles. The Hall–Kier alpha value is -3.08. The van der Waals surface area contributed by atoms with Crippen LogP contribution in [0.25, 0.3) is 0 Å². The molecule has 1 N–H and O–H groups in total. The quantitative estimate of drug-likeness (QED) is 0.464. The molecule has 176 valence electrons. The molecule has 3 rings (SSSR count). The highest BCUT2D eigenvalue weighted by molar-refractivity contribution is 7.91. The SMILES string of the molecule is COc1ccc(CCNS(=O)(=O)c2cc(S(=O)(=O)c3ccccc3)ccc2OC)cc1OC. The molecule has 0 aliphatic carbocycles. The Labute approximate surface area is 194 Å². The molecule has 3 aromatic carbocycles. The summed E-state index contributed by atoms with van der Waals surface area (Å²) in [6, 6.07) is 16.9. The van der Waals surface area contributed by atoms with E-state index in [0.717, 1.165) is 11.6 Å². The summed E-state index contributed by atoms with van der Waals surface area (Å²) in [6.07, 6.45) is 0.379. The van der Waals surface area contributed by atoms with Gasteiger partial charge in [-0.2, -0.15) is 0 Å². The largest absolute Gasteiger partial charge is 0.495 e. The minimum Gasteiger partial charge on any atom is -0.495 e. The van der Waals surface area contributed by atoms with Gasteiger partial charge in [0.2, 0.25) is 19.9 Å². The number of hydrogen-bond acceptors (Lipinski definition) is 7. The van der Waals surface area contributed by atoms with Crippen LogP contribution in [0.3, 0.4) is 0 Å². The van der Waals surface area contributed by atoms with Crippen molar-refractivity contribution in [2.75, 3.05) is 27.9 Å². The number of benzene rings is 3. The highest BCUT2D eigenvalue weighted by Crippen LogP contribution is 2.30. The fourth-order valence-corrected chi connectivity index (χ4v) is 5.82. The summed E-state index contributed by atoms with van der Waals surface area (Å²) in [6.45, 7) is 0.0800. The first-order chi connectivity index (χ1) is 15.7. The molecule has 0 fully saturated rings. The van der Waals surface area contributed by atoms with Crippen LogP contribution in [0.15, 0.2) is 81.4 Å². The minimum atomic E-state index is -4.06. The lowest BCUT2D eigenvalue weighted by atomic mass is 10.1.